The predicted octanol–water partition coefficient (Wildman–Crippen LogP) is 1.68. The number of hydrogen-bond donors (Lipinski definition) is 0. The minimum absolute atomic E-state index is 0.130. The molecule has 0 saturated heterocycles. The summed E-state index contributed by atoms with van der Waals surface area (Å²) in [6, 6.07) is 0. The Morgan fingerprint density at radius 3 is 3.00 bits per heavy atom. The number of hydrogen-bond acceptors (Lipinski definition) is 2. The van der Waals surface area contributed by atoms with Crippen molar-refractivity contribution in [3.8, 4) is 0 Å². The lowest BCUT2D eigenvalue weighted by atomic mass is 9.98. The molecule has 0 unspecified atom stereocenters. The Balaban J connectivity index is 2.33. The number of carbonyl (C=O) groups excluding carboxylic acids is 1. The topological polar surface area (TPSA) is 26.3 Å². The van der Waals surface area contributed by atoms with Gasteiger partial charge in [-0.25, -0.2) is 0 Å². The van der Waals surface area contributed by atoms with E-state index in [0.29, 0.717) is 12.3 Å². The van der Waals surface area contributed by atoms with Gasteiger partial charge < -0.3 is 4.74 Å². The van der Waals surface area contributed by atoms with Crippen LogP contribution in [0.1, 0.15) is 12.8 Å². The van der Waals surface area contributed by atoms with Crippen LogP contribution in [0.25, 0.3) is 0 Å². The van der Waals surface area contributed by atoms with Gasteiger partial charge in [0.1, 0.15) is 0 Å². The van der Waals surface area contributed by atoms with Crippen LogP contribution in [0.15, 0.2) is 24.3 Å². The minimum Gasteiger partial charge on any atom is -0.469 e. The van der Waals surface area contributed by atoms with Gasteiger partial charge in [0, 0.05) is 0 Å². The summed E-state index contributed by atoms with van der Waals surface area (Å²) >= 11 is 0. The van der Waals surface area contributed by atoms with Crippen molar-refractivity contribution < 1.29 is 9.53 Å². The van der Waals surface area contributed by atoms with Crippen LogP contribution in [0.5, 0.6) is 0 Å². The molecule has 0 amide bonds. The summed E-state index contributed by atoms with van der Waals surface area (Å²) in [4.78, 5) is 10.8. The molecular formula is C9H12O2. The van der Waals surface area contributed by atoms with Crippen molar-refractivity contribution in [3.63, 3.8) is 0 Å². The first kappa shape index (κ1) is 8.05. The minimum atomic E-state index is -0.130. The maximum atomic E-state index is 10.8. The Hall–Kier alpha value is -1.05. The maximum absolute atomic E-state index is 10.8. The van der Waals surface area contributed by atoms with E-state index in [4.69, 9.17) is 0 Å². The second kappa shape index (κ2) is 3.96. The van der Waals surface area contributed by atoms with Gasteiger partial charge in [-0.05, 0) is 12.3 Å². The van der Waals surface area contributed by atoms with Crippen molar-refractivity contribution >= 4 is 5.97 Å². The molecular weight excluding hydrogens is 140 g/mol. The molecule has 0 heterocycles. The van der Waals surface area contributed by atoms with E-state index >= 15 is 0 Å². The SMILES string of the molecule is COC(=O)C[C@@H]1C=CC=CC1. The Labute approximate surface area is 66.5 Å². The number of carbonyl (C=O) groups is 1. The van der Waals surface area contributed by atoms with E-state index in [2.05, 4.69) is 10.8 Å². The fourth-order valence-corrected chi connectivity index (χ4v) is 1.08. The van der Waals surface area contributed by atoms with E-state index < -0.39 is 0 Å². The quantitative estimate of drug-likeness (QED) is 0.563. The van der Waals surface area contributed by atoms with Crippen LogP contribution in [0.2, 0.25) is 0 Å². The highest BCUT2D eigenvalue weighted by Gasteiger charge is 2.10. The van der Waals surface area contributed by atoms with Crippen LogP contribution >= 0.6 is 0 Å². The van der Waals surface area contributed by atoms with Gasteiger partial charge in [0.2, 0.25) is 0 Å². The molecule has 0 fully saturated rings. The molecule has 2 heteroatoms. The van der Waals surface area contributed by atoms with Gasteiger partial charge in [0.05, 0.1) is 13.5 Å². The molecule has 0 radical (unpaired) electrons. The maximum Gasteiger partial charge on any atom is 0.306 e. The number of ether oxygens (including phenoxy) is 1. The molecule has 11 heavy (non-hydrogen) atoms. The van der Waals surface area contributed by atoms with Crippen LogP contribution in [0, 0.1) is 5.92 Å². The average molecular weight is 152 g/mol. The largest absolute Gasteiger partial charge is 0.469 e. The summed E-state index contributed by atoms with van der Waals surface area (Å²) in [5.41, 5.74) is 0. The molecule has 1 aliphatic carbocycles. The van der Waals surface area contributed by atoms with E-state index in [1.165, 1.54) is 7.11 Å². The van der Waals surface area contributed by atoms with Crippen molar-refractivity contribution in [3.05, 3.63) is 24.3 Å². The summed E-state index contributed by atoms with van der Waals surface area (Å²) in [7, 11) is 1.42. The molecule has 0 aliphatic heterocycles. The summed E-state index contributed by atoms with van der Waals surface area (Å²) in [5, 5.41) is 0. The van der Waals surface area contributed by atoms with E-state index in [9.17, 15) is 4.79 Å². The standard InChI is InChI=1S/C9H12O2/c1-11-9(10)7-8-5-3-2-4-6-8/h2-5,8H,6-7H2,1H3/t8-/m1/s1. The van der Waals surface area contributed by atoms with Crippen molar-refractivity contribution in [1.29, 1.82) is 0 Å². The zero-order valence-electron chi connectivity index (χ0n) is 6.62. The van der Waals surface area contributed by atoms with Crippen LogP contribution in [-0.2, 0) is 9.53 Å². The number of esters is 1. The Bertz CT molecular complexity index is 192. The van der Waals surface area contributed by atoms with Crippen molar-refractivity contribution in [2.24, 2.45) is 5.92 Å². The zero-order chi connectivity index (χ0) is 8.10. The average Bonchev–Trinajstić information content (AvgIpc) is 2.06. The first-order chi connectivity index (χ1) is 5.33. The van der Waals surface area contributed by atoms with Gasteiger partial charge in [0.15, 0.2) is 0 Å². The van der Waals surface area contributed by atoms with Gasteiger partial charge in [-0.15, -0.1) is 0 Å². The highest BCUT2D eigenvalue weighted by molar-refractivity contribution is 5.69. The van der Waals surface area contributed by atoms with Crippen molar-refractivity contribution in [2.45, 2.75) is 12.8 Å². The molecule has 1 rings (SSSR count). The second-order valence-corrected chi connectivity index (χ2v) is 2.59. The molecule has 2 nitrogen and oxygen atoms in total. The van der Waals surface area contributed by atoms with Gasteiger partial charge in [-0.2, -0.15) is 0 Å². The predicted molar refractivity (Wildman–Crippen MR) is 43.0 cm³/mol. The third-order valence-electron chi connectivity index (χ3n) is 1.73. The zero-order valence-corrected chi connectivity index (χ0v) is 6.62. The molecule has 0 aromatic rings. The molecule has 1 aliphatic rings. The van der Waals surface area contributed by atoms with Crippen molar-refractivity contribution in [1.82, 2.24) is 0 Å². The van der Waals surface area contributed by atoms with Gasteiger partial charge in [0.25, 0.3) is 0 Å². The van der Waals surface area contributed by atoms with Gasteiger partial charge >= 0.3 is 5.97 Å². The third kappa shape index (κ3) is 2.58. The molecule has 1 atom stereocenters. The molecule has 0 aromatic heterocycles. The summed E-state index contributed by atoms with van der Waals surface area (Å²) in [6.07, 6.45) is 9.51. The number of rotatable bonds is 2. The highest BCUT2D eigenvalue weighted by atomic mass is 16.5. The number of methoxy groups -OCH3 is 1. The van der Waals surface area contributed by atoms with E-state index in [0.717, 1.165) is 6.42 Å². The lowest BCUT2D eigenvalue weighted by molar-refractivity contribution is -0.141. The Morgan fingerprint density at radius 1 is 1.64 bits per heavy atom. The lowest BCUT2D eigenvalue weighted by Crippen LogP contribution is -2.08. The van der Waals surface area contributed by atoms with Crippen LogP contribution in [0.4, 0.5) is 0 Å². The van der Waals surface area contributed by atoms with E-state index in [-0.39, 0.29) is 5.97 Å². The van der Waals surface area contributed by atoms with Crippen LogP contribution < -0.4 is 0 Å². The normalized spacial score (nSPS) is 21.7. The van der Waals surface area contributed by atoms with E-state index in [1.807, 2.05) is 18.2 Å². The first-order valence-corrected chi connectivity index (χ1v) is 3.73. The van der Waals surface area contributed by atoms with E-state index in [1.54, 1.807) is 0 Å². The Kier molecular flexibility index (Phi) is 2.90. The first-order valence-electron chi connectivity index (χ1n) is 3.73. The van der Waals surface area contributed by atoms with Gasteiger partial charge in [-0.1, -0.05) is 24.3 Å². The molecule has 60 valence electrons. The molecule has 0 aromatic carbocycles. The third-order valence-corrected chi connectivity index (χ3v) is 1.73. The van der Waals surface area contributed by atoms with Gasteiger partial charge in [-0.3, -0.25) is 4.79 Å². The molecule has 0 spiro atoms. The second-order valence-electron chi connectivity index (χ2n) is 2.59. The Morgan fingerprint density at radius 2 is 2.45 bits per heavy atom. The summed E-state index contributed by atoms with van der Waals surface area (Å²) in [5.74, 6) is 0.211. The fraction of sp³-hybridized carbons (Fsp3) is 0.444. The molecule has 0 N–H and O–H groups in total. The lowest BCUT2D eigenvalue weighted by Gasteiger charge is -2.10. The monoisotopic (exact) mass is 152 g/mol. The summed E-state index contributed by atoms with van der Waals surface area (Å²) < 4.78 is 4.56. The van der Waals surface area contributed by atoms with Crippen molar-refractivity contribution in [2.75, 3.05) is 7.11 Å². The number of allylic oxidation sites excluding steroid dienone is 4. The highest BCUT2D eigenvalue weighted by Crippen LogP contribution is 2.15. The smallest absolute Gasteiger partial charge is 0.306 e. The van der Waals surface area contributed by atoms with Crippen LogP contribution in [0.3, 0.4) is 0 Å². The molecule has 0 saturated carbocycles. The summed E-state index contributed by atoms with van der Waals surface area (Å²) in [6.45, 7) is 0. The fourth-order valence-electron chi connectivity index (χ4n) is 1.08. The molecule has 0 bridgehead atoms. The van der Waals surface area contributed by atoms with Crippen LogP contribution in [-0.4, -0.2) is 13.1 Å².